The van der Waals surface area contributed by atoms with Gasteiger partial charge in [-0.25, -0.2) is 9.48 Å². The van der Waals surface area contributed by atoms with Crippen LogP contribution in [0.3, 0.4) is 0 Å². The van der Waals surface area contributed by atoms with Gasteiger partial charge in [0, 0.05) is 5.02 Å². The summed E-state index contributed by atoms with van der Waals surface area (Å²) < 4.78 is 6.49. The Morgan fingerprint density at radius 1 is 1.23 bits per heavy atom. The van der Waals surface area contributed by atoms with Crippen LogP contribution in [0.25, 0.3) is 0 Å². The van der Waals surface area contributed by atoms with Crippen molar-refractivity contribution >= 4 is 57.3 Å². The molecule has 2 aromatic heterocycles. The molecule has 0 aliphatic carbocycles. The number of hydrogen-bond acceptors (Lipinski definition) is 6. The molecule has 0 unspecified atom stereocenters. The molecule has 0 aliphatic rings. The first-order valence-corrected chi connectivity index (χ1v) is 10.2. The van der Waals surface area contributed by atoms with E-state index in [4.69, 9.17) is 33.7 Å². The van der Waals surface area contributed by atoms with Gasteiger partial charge in [-0.1, -0.05) is 41.4 Å². The van der Waals surface area contributed by atoms with Gasteiger partial charge >= 0.3 is 5.97 Å². The average Bonchev–Trinajstić information content (AvgIpc) is 3.26. The maximum Gasteiger partial charge on any atom is 0.343 e. The minimum atomic E-state index is -0.792. The van der Waals surface area contributed by atoms with Crippen molar-refractivity contribution in [3.8, 4) is 0 Å². The highest BCUT2D eigenvalue weighted by atomic mass is 35.5. The van der Waals surface area contributed by atoms with E-state index >= 15 is 0 Å². The number of aryl methyl sites for hydroxylation is 1. The second-order valence-electron chi connectivity index (χ2n) is 6.15. The van der Waals surface area contributed by atoms with Gasteiger partial charge in [0.25, 0.3) is 11.8 Å². The molecule has 0 spiro atoms. The van der Waals surface area contributed by atoms with Gasteiger partial charge in [0.2, 0.25) is 0 Å². The molecule has 0 saturated heterocycles. The van der Waals surface area contributed by atoms with Crippen LogP contribution in [-0.2, 0) is 16.1 Å². The number of primary amides is 1. The van der Waals surface area contributed by atoms with E-state index in [0.29, 0.717) is 10.7 Å². The normalized spacial score (nSPS) is 10.6. The predicted molar refractivity (Wildman–Crippen MR) is 114 cm³/mol. The second kappa shape index (κ2) is 9.29. The number of anilines is 1. The molecule has 8 nitrogen and oxygen atoms in total. The van der Waals surface area contributed by atoms with E-state index in [0.717, 1.165) is 16.9 Å². The number of halogens is 2. The van der Waals surface area contributed by atoms with Crippen molar-refractivity contribution in [2.75, 3.05) is 11.9 Å². The number of nitrogens with zero attached hydrogens (tertiary/aromatic N) is 2. The Hall–Kier alpha value is -2.88. The number of aromatic nitrogens is 2. The van der Waals surface area contributed by atoms with Crippen LogP contribution < -0.4 is 11.1 Å². The van der Waals surface area contributed by atoms with Gasteiger partial charge in [0.1, 0.15) is 15.7 Å². The van der Waals surface area contributed by atoms with E-state index < -0.39 is 24.4 Å². The molecule has 0 aliphatic heterocycles. The SMILES string of the molecule is Cc1nn(Cc2ccccc2Cl)c(Cl)c1C(=O)OCC(=O)Nc1sccc1C(N)=O. The summed E-state index contributed by atoms with van der Waals surface area (Å²) in [6.45, 7) is 1.30. The molecule has 0 fully saturated rings. The fourth-order valence-corrected chi connectivity index (χ4v) is 3.96. The number of carbonyl (C=O) groups is 3. The standard InChI is InChI=1S/C19H16Cl2N4O4S/c1-10-15(16(21)25(24-10)8-11-4-2-3-5-13(11)20)19(28)29-9-14(26)23-18-12(17(22)27)6-7-30-18/h2-7H,8-9H2,1H3,(H2,22,27)(H,23,26). The zero-order valence-electron chi connectivity index (χ0n) is 15.6. The molecule has 3 aromatic rings. The number of carbonyl (C=O) groups excluding carboxylic acids is 3. The van der Waals surface area contributed by atoms with Gasteiger partial charge in [-0.3, -0.25) is 9.59 Å². The molecule has 11 heteroatoms. The van der Waals surface area contributed by atoms with Crippen molar-refractivity contribution < 1.29 is 19.1 Å². The zero-order chi connectivity index (χ0) is 21.8. The first-order valence-electron chi connectivity index (χ1n) is 8.58. The first kappa shape index (κ1) is 21.8. The lowest BCUT2D eigenvalue weighted by molar-refractivity contribution is -0.119. The molecule has 3 rings (SSSR count). The fraction of sp³-hybridized carbons (Fsp3) is 0.158. The van der Waals surface area contributed by atoms with E-state index in [-0.39, 0.29) is 27.8 Å². The monoisotopic (exact) mass is 466 g/mol. The van der Waals surface area contributed by atoms with Crippen LogP contribution in [0.5, 0.6) is 0 Å². The quantitative estimate of drug-likeness (QED) is 0.516. The number of amides is 2. The van der Waals surface area contributed by atoms with Crippen LogP contribution >= 0.6 is 34.5 Å². The third-order valence-electron chi connectivity index (χ3n) is 4.07. The fourth-order valence-electron chi connectivity index (χ4n) is 2.64. The van der Waals surface area contributed by atoms with E-state index in [9.17, 15) is 14.4 Å². The Bertz CT molecular complexity index is 1130. The molecule has 2 heterocycles. The Kier molecular flexibility index (Phi) is 6.76. The lowest BCUT2D eigenvalue weighted by Crippen LogP contribution is -2.22. The number of nitrogens with two attached hydrogens (primary N) is 1. The van der Waals surface area contributed by atoms with Gasteiger partial charge in [-0.2, -0.15) is 5.10 Å². The van der Waals surface area contributed by atoms with Crippen LogP contribution in [0.4, 0.5) is 5.00 Å². The summed E-state index contributed by atoms with van der Waals surface area (Å²) in [5.41, 5.74) is 6.61. The van der Waals surface area contributed by atoms with E-state index in [1.807, 2.05) is 12.1 Å². The molecule has 0 bridgehead atoms. The van der Waals surface area contributed by atoms with Gasteiger partial charge in [-0.05, 0) is 30.0 Å². The molecule has 3 N–H and O–H groups in total. The summed E-state index contributed by atoms with van der Waals surface area (Å²) in [4.78, 5) is 35.8. The van der Waals surface area contributed by atoms with Crippen LogP contribution in [0, 0.1) is 6.92 Å². The number of esters is 1. The zero-order valence-corrected chi connectivity index (χ0v) is 18.0. The molecule has 30 heavy (non-hydrogen) atoms. The lowest BCUT2D eigenvalue weighted by Gasteiger charge is -2.07. The number of ether oxygens (including phenoxy) is 1. The van der Waals surface area contributed by atoms with Crippen LogP contribution in [0.1, 0.15) is 32.0 Å². The summed E-state index contributed by atoms with van der Waals surface area (Å²) in [5, 5.41) is 9.26. The molecule has 0 atom stereocenters. The summed E-state index contributed by atoms with van der Waals surface area (Å²) >= 11 is 13.6. The van der Waals surface area contributed by atoms with Crippen LogP contribution in [0.2, 0.25) is 10.2 Å². The lowest BCUT2D eigenvalue weighted by atomic mass is 10.2. The number of benzene rings is 1. The van der Waals surface area contributed by atoms with Crippen molar-refractivity contribution in [2.45, 2.75) is 13.5 Å². The number of hydrogen-bond donors (Lipinski definition) is 2. The van der Waals surface area contributed by atoms with Gasteiger partial charge in [0.15, 0.2) is 6.61 Å². The Morgan fingerprint density at radius 3 is 2.67 bits per heavy atom. The first-order chi connectivity index (χ1) is 14.3. The van der Waals surface area contributed by atoms with Crippen molar-refractivity contribution in [3.05, 3.63) is 68.3 Å². The number of nitrogens with one attached hydrogen (secondary N) is 1. The van der Waals surface area contributed by atoms with Gasteiger partial charge in [0.05, 0.1) is 17.8 Å². The summed E-state index contributed by atoms with van der Waals surface area (Å²) in [6, 6.07) is 8.69. The topological polar surface area (TPSA) is 116 Å². The molecule has 156 valence electrons. The smallest absolute Gasteiger partial charge is 0.343 e. The van der Waals surface area contributed by atoms with Gasteiger partial charge in [-0.15, -0.1) is 11.3 Å². The maximum atomic E-state index is 12.5. The second-order valence-corrected chi connectivity index (χ2v) is 7.83. The minimum absolute atomic E-state index is 0.0606. The van der Waals surface area contributed by atoms with Crippen molar-refractivity contribution in [1.29, 1.82) is 0 Å². The van der Waals surface area contributed by atoms with E-state index in [1.54, 1.807) is 24.4 Å². The molecule has 0 radical (unpaired) electrons. The Morgan fingerprint density at radius 2 is 1.97 bits per heavy atom. The highest BCUT2D eigenvalue weighted by Gasteiger charge is 2.23. The maximum absolute atomic E-state index is 12.5. The largest absolute Gasteiger partial charge is 0.452 e. The summed E-state index contributed by atoms with van der Waals surface area (Å²) in [5.74, 6) is -2.08. The third kappa shape index (κ3) is 4.81. The van der Waals surface area contributed by atoms with E-state index in [1.165, 1.54) is 10.7 Å². The number of rotatable bonds is 7. The predicted octanol–water partition coefficient (Wildman–Crippen LogP) is 3.50. The van der Waals surface area contributed by atoms with Crippen molar-refractivity contribution in [1.82, 2.24) is 9.78 Å². The van der Waals surface area contributed by atoms with Gasteiger partial charge < -0.3 is 15.8 Å². The van der Waals surface area contributed by atoms with Crippen LogP contribution in [0.15, 0.2) is 35.7 Å². The highest BCUT2D eigenvalue weighted by molar-refractivity contribution is 7.14. The van der Waals surface area contributed by atoms with Crippen LogP contribution in [-0.4, -0.2) is 34.2 Å². The van der Waals surface area contributed by atoms with E-state index in [2.05, 4.69) is 10.4 Å². The molecule has 0 saturated carbocycles. The average molecular weight is 467 g/mol. The minimum Gasteiger partial charge on any atom is -0.452 e. The Labute approximate surface area is 185 Å². The molecule has 2 amide bonds. The Balaban J connectivity index is 1.66. The third-order valence-corrected chi connectivity index (χ3v) is 5.65. The molecular formula is C19H16Cl2N4O4S. The molecular weight excluding hydrogens is 451 g/mol. The van der Waals surface area contributed by atoms with Crippen molar-refractivity contribution in [2.24, 2.45) is 5.73 Å². The molecule has 1 aromatic carbocycles. The highest BCUT2D eigenvalue weighted by Crippen LogP contribution is 2.25. The van der Waals surface area contributed by atoms with Crippen molar-refractivity contribution in [3.63, 3.8) is 0 Å². The summed E-state index contributed by atoms with van der Waals surface area (Å²) in [7, 11) is 0. The summed E-state index contributed by atoms with van der Waals surface area (Å²) in [6.07, 6.45) is 0. The number of thiophene rings is 1.